The van der Waals surface area contributed by atoms with Crippen LogP contribution in [0.15, 0.2) is 24.3 Å². The number of carbonyl (C=O) groups excluding carboxylic acids is 2. The number of hydrogen-bond acceptors (Lipinski definition) is 5. The van der Waals surface area contributed by atoms with Gasteiger partial charge in [0.05, 0.1) is 12.9 Å². The molecule has 0 saturated carbocycles. The molecule has 0 atom stereocenters. The summed E-state index contributed by atoms with van der Waals surface area (Å²) in [6.07, 6.45) is -0.925. The van der Waals surface area contributed by atoms with E-state index in [1.54, 1.807) is 0 Å². The summed E-state index contributed by atoms with van der Waals surface area (Å²) in [6, 6.07) is 5.76. The molecule has 1 N–H and O–H groups in total. The molecular weight excluding hydrogens is 296 g/mol. The summed E-state index contributed by atoms with van der Waals surface area (Å²) in [5, 5.41) is 0. The van der Waals surface area contributed by atoms with Crippen molar-refractivity contribution in [2.24, 2.45) is 0 Å². The van der Waals surface area contributed by atoms with Crippen molar-refractivity contribution in [3.05, 3.63) is 29.8 Å². The van der Waals surface area contributed by atoms with Crippen LogP contribution in [0, 0.1) is 0 Å². The Morgan fingerprint density at radius 1 is 1.35 bits per heavy atom. The first-order chi connectivity index (χ1) is 9.20. The molecule has 1 rings (SSSR count). The number of ether oxygens (including phenoxy) is 1. The van der Waals surface area contributed by atoms with Crippen molar-refractivity contribution in [2.45, 2.75) is 11.7 Å². The number of aldehydes is 1. The zero-order valence-corrected chi connectivity index (χ0v) is 11.1. The second kappa shape index (κ2) is 5.95. The summed E-state index contributed by atoms with van der Waals surface area (Å²) in [7, 11) is -2.90. The highest BCUT2D eigenvalue weighted by Gasteiger charge is 2.40. The number of halogens is 2. The normalized spacial score (nSPS) is 11.8. The lowest BCUT2D eigenvalue weighted by molar-refractivity contribution is -0.149. The molecule has 0 bridgehead atoms. The van der Waals surface area contributed by atoms with E-state index in [-0.39, 0.29) is 5.56 Å². The fraction of sp³-hybridized carbons (Fsp3) is 0.273. The number of rotatable bonds is 6. The van der Waals surface area contributed by atoms with E-state index in [1.807, 2.05) is 0 Å². The highest BCUT2D eigenvalue weighted by molar-refractivity contribution is 7.89. The topological polar surface area (TPSA) is 89.5 Å². The fourth-order valence-corrected chi connectivity index (χ4v) is 2.36. The molecule has 6 nitrogen and oxygen atoms in total. The van der Waals surface area contributed by atoms with Gasteiger partial charge in [0.15, 0.2) is 6.29 Å². The monoisotopic (exact) mass is 307 g/mol. The van der Waals surface area contributed by atoms with Crippen molar-refractivity contribution in [1.82, 2.24) is 4.72 Å². The maximum atomic E-state index is 12.7. The van der Waals surface area contributed by atoms with Gasteiger partial charge >= 0.3 is 11.8 Å². The Bertz CT molecular complexity index is 598. The minimum absolute atomic E-state index is 0.264. The first-order valence-electron chi connectivity index (χ1n) is 5.22. The summed E-state index contributed by atoms with van der Waals surface area (Å²) < 4.78 is 54.3. The Hall–Kier alpha value is -2.03. The van der Waals surface area contributed by atoms with Crippen molar-refractivity contribution in [3.8, 4) is 5.75 Å². The maximum absolute atomic E-state index is 12.7. The van der Waals surface area contributed by atoms with Crippen molar-refractivity contribution in [1.29, 1.82) is 0 Å². The van der Waals surface area contributed by atoms with Crippen molar-refractivity contribution in [3.63, 3.8) is 0 Å². The fourth-order valence-electron chi connectivity index (χ4n) is 1.24. The summed E-state index contributed by atoms with van der Waals surface area (Å²) in [5.74, 6) is -6.76. The molecule has 0 spiro atoms. The van der Waals surface area contributed by atoms with Gasteiger partial charge in [-0.05, 0) is 17.7 Å². The predicted octanol–water partition coefficient (Wildman–Crippen LogP) is 0.475. The standard InChI is InChI=1S/C11H11F2NO5S/c1-19-9-4-2-8(3-5-9)6-20(17,18)14-10(16)11(12,13)7-15/h2-5,7H,6H2,1H3,(H,14,16). The number of methoxy groups -OCH3 is 1. The van der Waals surface area contributed by atoms with Gasteiger partial charge < -0.3 is 4.74 Å². The van der Waals surface area contributed by atoms with E-state index in [1.165, 1.54) is 31.4 Å². The summed E-state index contributed by atoms with van der Waals surface area (Å²) in [4.78, 5) is 20.9. The van der Waals surface area contributed by atoms with Gasteiger partial charge in [0.2, 0.25) is 10.0 Å². The molecule has 0 heterocycles. The molecule has 1 amide bonds. The van der Waals surface area contributed by atoms with Gasteiger partial charge in [-0.15, -0.1) is 0 Å². The van der Waals surface area contributed by atoms with Crippen molar-refractivity contribution >= 4 is 22.2 Å². The molecule has 9 heteroatoms. The van der Waals surface area contributed by atoms with Crippen LogP contribution in [0.4, 0.5) is 8.78 Å². The first-order valence-corrected chi connectivity index (χ1v) is 6.87. The molecule has 0 fully saturated rings. The van der Waals surface area contributed by atoms with Crippen LogP contribution < -0.4 is 9.46 Å². The molecule has 0 aliphatic rings. The molecule has 0 aliphatic heterocycles. The lowest BCUT2D eigenvalue weighted by atomic mass is 10.2. The van der Waals surface area contributed by atoms with Crippen molar-refractivity contribution in [2.75, 3.05) is 7.11 Å². The third kappa shape index (κ3) is 4.26. The SMILES string of the molecule is COc1ccc(CS(=O)(=O)NC(=O)C(F)(F)C=O)cc1. The van der Waals surface area contributed by atoms with E-state index in [9.17, 15) is 26.8 Å². The molecule has 0 unspecified atom stereocenters. The van der Waals surface area contributed by atoms with Gasteiger partial charge in [-0.2, -0.15) is 8.78 Å². The quantitative estimate of drug-likeness (QED) is 0.610. The molecule has 0 saturated heterocycles. The third-order valence-corrected chi connectivity index (χ3v) is 3.42. The number of amides is 1. The van der Waals surface area contributed by atoms with Gasteiger partial charge in [0.25, 0.3) is 0 Å². The highest BCUT2D eigenvalue weighted by Crippen LogP contribution is 2.14. The minimum Gasteiger partial charge on any atom is -0.497 e. The Labute approximate surface area is 113 Å². The Balaban J connectivity index is 2.79. The van der Waals surface area contributed by atoms with Crippen LogP contribution in [0.2, 0.25) is 0 Å². The number of nitrogens with one attached hydrogen (secondary N) is 1. The summed E-state index contributed by atoms with van der Waals surface area (Å²) >= 11 is 0. The Kier molecular flexibility index (Phi) is 4.77. The molecule has 0 aliphatic carbocycles. The molecule has 1 aromatic rings. The van der Waals surface area contributed by atoms with Gasteiger partial charge in [-0.1, -0.05) is 12.1 Å². The second-order valence-electron chi connectivity index (χ2n) is 3.78. The average molecular weight is 307 g/mol. The molecule has 20 heavy (non-hydrogen) atoms. The van der Waals surface area contributed by atoms with E-state index in [0.717, 1.165) is 4.72 Å². The Morgan fingerprint density at radius 3 is 2.35 bits per heavy atom. The molecular formula is C11H11F2NO5S. The van der Waals surface area contributed by atoms with Crippen LogP contribution in [0.5, 0.6) is 5.75 Å². The van der Waals surface area contributed by atoms with Crippen LogP contribution >= 0.6 is 0 Å². The summed E-state index contributed by atoms with van der Waals surface area (Å²) in [6.45, 7) is 0. The van der Waals surface area contributed by atoms with Gasteiger partial charge in [-0.25, -0.2) is 13.1 Å². The summed E-state index contributed by atoms with van der Waals surface area (Å²) in [5.41, 5.74) is 0.264. The third-order valence-electron chi connectivity index (χ3n) is 2.21. The number of sulfonamides is 1. The maximum Gasteiger partial charge on any atom is 0.379 e. The van der Waals surface area contributed by atoms with E-state index in [0.29, 0.717) is 5.75 Å². The largest absolute Gasteiger partial charge is 0.497 e. The molecule has 0 radical (unpaired) electrons. The van der Waals surface area contributed by atoms with E-state index in [2.05, 4.69) is 0 Å². The molecule has 0 aromatic heterocycles. The minimum atomic E-state index is -4.38. The van der Waals surface area contributed by atoms with Crippen LogP contribution in [-0.4, -0.2) is 33.6 Å². The molecule has 110 valence electrons. The van der Waals surface area contributed by atoms with Crippen molar-refractivity contribution < 1.29 is 31.5 Å². The van der Waals surface area contributed by atoms with E-state index in [4.69, 9.17) is 4.74 Å². The van der Waals surface area contributed by atoms with Gasteiger partial charge in [0.1, 0.15) is 5.75 Å². The average Bonchev–Trinajstić information content (AvgIpc) is 2.38. The molecule has 1 aromatic carbocycles. The van der Waals surface area contributed by atoms with Gasteiger partial charge in [-0.3, -0.25) is 9.59 Å². The van der Waals surface area contributed by atoms with E-state index >= 15 is 0 Å². The smallest absolute Gasteiger partial charge is 0.379 e. The van der Waals surface area contributed by atoms with Crippen LogP contribution in [0.1, 0.15) is 5.56 Å². The number of benzene rings is 1. The lowest BCUT2D eigenvalue weighted by Gasteiger charge is -2.10. The lowest BCUT2D eigenvalue weighted by Crippen LogP contribution is -2.44. The number of hydrogen-bond donors (Lipinski definition) is 1. The first kappa shape index (κ1) is 16.0. The van der Waals surface area contributed by atoms with Crippen LogP contribution in [-0.2, 0) is 25.4 Å². The number of carbonyl (C=O) groups is 2. The van der Waals surface area contributed by atoms with E-state index < -0.39 is 33.9 Å². The zero-order valence-electron chi connectivity index (χ0n) is 10.3. The predicted molar refractivity (Wildman–Crippen MR) is 64.8 cm³/mol. The Morgan fingerprint density at radius 2 is 1.90 bits per heavy atom. The zero-order chi connectivity index (χ0) is 15.4. The van der Waals surface area contributed by atoms with Crippen LogP contribution in [0.3, 0.4) is 0 Å². The van der Waals surface area contributed by atoms with Crippen LogP contribution in [0.25, 0.3) is 0 Å². The van der Waals surface area contributed by atoms with Gasteiger partial charge in [0, 0.05) is 0 Å². The number of alkyl halides is 2. The second-order valence-corrected chi connectivity index (χ2v) is 5.50. The highest BCUT2D eigenvalue weighted by atomic mass is 32.2.